The predicted molar refractivity (Wildman–Crippen MR) is 173 cm³/mol. The van der Waals surface area contributed by atoms with Crippen molar-refractivity contribution in [1.29, 1.82) is 0 Å². The molecule has 242 valence electrons. The first-order chi connectivity index (χ1) is 21.3. The molecule has 0 unspecified atom stereocenters. The minimum Gasteiger partial charge on any atom is -0.479 e. The lowest BCUT2D eigenvalue weighted by Crippen LogP contribution is -2.38. The van der Waals surface area contributed by atoms with Gasteiger partial charge in [-0.15, -0.1) is 11.3 Å². The molecular weight excluding hydrogens is 686 g/mol. The van der Waals surface area contributed by atoms with Gasteiger partial charge in [-0.1, -0.05) is 54.6 Å². The number of carbonyl (C=O) groups excluding carboxylic acids is 3. The van der Waals surface area contributed by atoms with E-state index in [9.17, 15) is 22.8 Å². The second-order valence-electron chi connectivity index (χ2n) is 11.5. The molecule has 45 heavy (non-hydrogen) atoms. The smallest absolute Gasteiger partial charge is 0.355 e. The second-order valence-corrected chi connectivity index (χ2v) is 15.3. The van der Waals surface area contributed by atoms with E-state index in [1.807, 2.05) is 54.6 Å². The Bertz CT molecular complexity index is 1620. The summed E-state index contributed by atoms with van der Waals surface area (Å²) in [5, 5.41) is 0. The van der Waals surface area contributed by atoms with Crippen molar-refractivity contribution in [2.75, 3.05) is 33.6 Å². The number of benzene rings is 2. The number of nitrogens with zero attached hydrogens (tertiary/aromatic N) is 1. The van der Waals surface area contributed by atoms with E-state index in [1.165, 1.54) is 7.11 Å². The van der Waals surface area contributed by atoms with Gasteiger partial charge in [0.25, 0.3) is 0 Å². The van der Waals surface area contributed by atoms with E-state index in [0.717, 1.165) is 28.0 Å². The van der Waals surface area contributed by atoms with Crippen LogP contribution in [0.4, 0.5) is 0 Å². The van der Waals surface area contributed by atoms with Crippen LogP contribution >= 0.6 is 27.3 Å². The lowest BCUT2D eigenvalue weighted by atomic mass is 9.89. The van der Waals surface area contributed by atoms with Gasteiger partial charge in [0.2, 0.25) is 16.8 Å². The highest BCUT2D eigenvalue weighted by molar-refractivity contribution is 9.10. The Morgan fingerprint density at radius 2 is 1.69 bits per heavy atom. The Kier molecular flexibility index (Phi) is 11.5. The van der Waals surface area contributed by atoms with Crippen LogP contribution in [0.1, 0.15) is 60.3 Å². The average Bonchev–Trinajstić information content (AvgIpc) is 3.35. The lowest BCUT2D eigenvalue weighted by Gasteiger charge is -2.31. The number of methoxy groups -OCH3 is 1. The molecule has 1 fully saturated rings. The van der Waals surface area contributed by atoms with Crippen molar-refractivity contribution in [1.82, 2.24) is 4.31 Å². The summed E-state index contributed by atoms with van der Waals surface area (Å²) in [5.74, 6) is -1.72. The van der Waals surface area contributed by atoms with Gasteiger partial charge in [0.1, 0.15) is 0 Å². The molecule has 2 heterocycles. The molecule has 1 aliphatic rings. The first-order valence-electron chi connectivity index (χ1n) is 14.3. The van der Waals surface area contributed by atoms with Crippen LogP contribution in [0.3, 0.4) is 0 Å². The van der Waals surface area contributed by atoms with Crippen LogP contribution in [-0.4, -0.2) is 64.2 Å². The van der Waals surface area contributed by atoms with Crippen molar-refractivity contribution < 1.29 is 41.7 Å². The van der Waals surface area contributed by atoms with Crippen molar-refractivity contribution in [2.45, 2.75) is 45.3 Å². The van der Waals surface area contributed by atoms with E-state index in [2.05, 4.69) is 20.7 Å². The number of thiophene rings is 1. The van der Waals surface area contributed by atoms with Crippen LogP contribution in [-0.2, 0) is 39.6 Å². The molecule has 4 rings (SSSR count). The number of piperidine rings is 1. The van der Waals surface area contributed by atoms with Crippen LogP contribution in [0.15, 0.2) is 59.1 Å². The number of ether oxygens (including phenoxy) is 4. The summed E-state index contributed by atoms with van der Waals surface area (Å²) in [6.45, 7) is 4.89. The van der Waals surface area contributed by atoms with Gasteiger partial charge in [0, 0.05) is 13.1 Å². The molecule has 1 aromatic heterocycles. The predicted octanol–water partition coefficient (Wildman–Crippen LogP) is 6.14. The second kappa shape index (κ2) is 14.9. The topological polar surface area (TPSA) is 126 Å². The molecule has 0 N–H and O–H groups in total. The summed E-state index contributed by atoms with van der Waals surface area (Å²) < 4.78 is 48.7. The third-order valence-corrected chi connectivity index (χ3v) is 11.3. The van der Waals surface area contributed by atoms with Gasteiger partial charge in [-0.2, -0.15) is 0 Å². The molecule has 3 aromatic rings. The molecule has 0 bridgehead atoms. The van der Waals surface area contributed by atoms with Crippen molar-refractivity contribution in [2.24, 2.45) is 5.41 Å². The van der Waals surface area contributed by atoms with Gasteiger partial charge in [0.05, 0.1) is 27.6 Å². The summed E-state index contributed by atoms with van der Waals surface area (Å²) in [5.41, 5.74) is 1.84. The zero-order chi connectivity index (χ0) is 32.8. The highest BCUT2D eigenvalue weighted by atomic mass is 79.9. The van der Waals surface area contributed by atoms with Gasteiger partial charge >= 0.3 is 17.9 Å². The lowest BCUT2D eigenvalue weighted by molar-refractivity contribution is -0.161. The van der Waals surface area contributed by atoms with Crippen LogP contribution in [0.2, 0.25) is 0 Å². The van der Waals surface area contributed by atoms with Crippen LogP contribution in [0.25, 0.3) is 10.4 Å². The van der Waals surface area contributed by atoms with E-state index in [0.29, 0.717) is 35.3 Å². The fourth-order valence-electron chi connectivity index (χ4n) is 4.73. The van der Waals surface area contributed by atoms with Gasteiger partial charge in [-0.05, 0) is 72.2 Å². The minimum absolute atomic E-state index is 0.0232. The van der Waals surface area contributed by atoms with Crippen LogP contribution in [0.5, 0.6) is 5.75 Å². The van der Waals surface area contributed by atoms with Crippen molar-refractivity contribution >= 4 is 55.2 Å². The van der Waals surface area contributed by atoms with E-state index in [1.54, 1.807) is 25.1 Å². The SMILES string of the molecule is COC(=O)COc1c(C(=O)OCOC(=O)C(C)(C)C)sc(-c2cccc(C3CCN(S(=O)(=O)Cc4ccccc4)CC3)c2)c1Br. The summed E-state index contributed by atoms with van der Waals surface area (Å²) in [6.07, 6.45) is 1.34. The first-order valence-corrected chi connectivity index (χ1v) is 17.5. The van der Waals surface area contributed by atoms with Gasteiger partial charge < -0.3 is 18.9 Å². The van der Waals surface area contributed by atoms with Gasteiger partial charge in [-0.25, -0.2) is 22.3 Å². The van der Waals surface area contributed by atoms with Gasteiger partial charge in [0.15, 0.2) is 17.2 Å². The molecule has 0 spiro atoms. The summed E-state index contributed by atoms with van der Waals surface area (Å²) in [7, 11) is -2.20. The van der Waals surface area contributed by atoms with Crippen molar-refractivity contribution in [3.8, 4) is 16.2 Å². The normalized spacial score (nSPS) is 14.5. The standard InChI is InChI=1S/C32H36BrNO9S2/c1-32(2,3)31(37)43-20-42-30(36)29-27(41-18-25(35)40-4)26(33)28(44-29)24-12-8-11-23(17-24)22-13-15-34(16-14-22)45(38,39)19-21-9-6-5-7-10-21/h5-12,17,22H,13-16,18-20H2,1-4H3. The van der Waals surface area contributed by atoms with E-state index in [-0.39, 0.29) is 22.3 Å². The number of halogens is 1. The molecule has 0 aliphatic carbocycles. The number of sulfonamides is 1. The Morgan fingerprint density at radius 3 is 2.33 bits per heavy atom. The third-order valence-electron chi connectivity index (χ3n) is 7.21. The molecule has 0 atom stereocenters. The molecule has 10 nitrogen and oxygen atoms in total. The summed E-state index contributed by atoms with van der Waals surface area (Å²) in [6, 6.07) is 17.0. The largest absolute Gasteiger partial charge is 0.479 e. The molecule has 1 aliphatic heterocycles. The molecule has 2 aromatic carbocycles. The van der Waals surface area contributed by atoms with Crippen molar-refractivity contribution in [3.63, 3.8) is 0 Å². The fourth-order valence-corrected chi connectivity index (χ4v) is 8.24. The highest BCUT2D eigenvalue weighted by Gasteiger charge is 2.30. The van der Waals surface area contributed by atoms with E-state index >= 15 is 0 Å². The zero-order valence-corrected chi connectivity index (χ0v) is 28.8. The Morgan fingerprint density at radius 1 is 1.00 bits per heavy atom. The number of hydrogen-bond donors (Lipinski definition) is 0. The third kappa shape index (κ3) is 8.93. The molecule has 0 amide bonds. The summed E-state index contributed by atoms with van der Waals surface area (Å²) >= 11 is 4.65. The molecule has 13 heteroatoms. The monoisotopic (exact) mass is 721 g/mol. The van der Waals surface area contributed by atoms with Crippen LogP contribution < -0.4 is 4.74 Å². The Balaban J connectivity index is 1.51. The zero-order valence-electron chi connectivity index (χ0n) is 25.5. The van der Waals surface area contributed by atoms with Crippen LogP contribution in [0, 0.1) is 5.41 Å². The molecule has 0 saturated carbocycles. The Labute approximate surface area is 275 Å². The number of hydrogen-bond acceptors (Lipinski definition) is 10. The number of carbonyl (C=O) groups is 3. The number of esters is 3. The maximum absolute atomic E-state index is 13.1. The number of rotatable bonds is 11. The fraction of sp³-hybridized carbons (Fsp3) is 0.406. The van der Waals surface area contributed by atoms with Gasteiger partial charge in [-0.3, -0.25) is 4.79 Å². The van der Waals surface area contributed by atoms with E-state index in [4.69, 9.17) is 14.2 Å². The first kappa shape index (κ1) is 34.6. The quantitative estimate of drug-likeness (QED) is 0.170. The Hall–Kier alpha value is -3.26. The van der Waals surface area contributed by atoms with E-state index < -0.39 is 46.7 Å². The minimum atomic E-state index is -3.43. The van der Waals surface area contributed by atoms with Crippen molar-refractivity contribution in [3.05, 3.63) is 75.1 Å². The maximum atomic E-state index is 13.1. The molecule has 0 radical (unpaired) electrons. The maximum Gasteiger partial charge on any atom is 0.355 e. The average molecular weight is 723 g/mol. The molecule has 1 saturated heterocycles. The highest BCUT2D eigenvalue weighted by Crippen LogP contribution is 2.46. The molecular formula is C32H36BrNO9S2. The summed E-state index contributed by atoms with van der Waals surface area (Å²) in [4.78, 5) is 37.7.